The van der Waals surface area contributed by atoms with Gasteiger partial charge < -0.3 is 5.11 Å². The van der Waals surface area contributed by atoms with E-state index >= 15 is 0 Å². The number of carboxylic acids is 1. The molecule has 0 aliphatic rings. The maximum absolute atomic E-state index is 13.5. The van der Waals surface area contributed by atoms with Gasteiger partial charge in [-0.2, -0.15) is 0 Å². The van der Waals surface area contributed by atoms with Crippen molar-refractivity contribution in [2.24, 2.45) is 0 Å². The molecule has 1 unspecified atom stereocenters. The normalized spacial score (nSPS) is 15.6. The Morgan fingerprint density at radius 1 is 1.33 bits per heavy atom. The summed E-state index contributed by atoms with van der Waals surface area (Å²) in [6.07, 6.45) is 2.33. The molecule has 0 heterocycles. The Hall–Kier alpha value is -0.600. The highest BCUT2D eigenvalue weighted by Gasteiger charge is 2.36. The largest absolute Gasteiger partial charge is 0.479 e. The lowest BCUT2D eigenvalue weighted by Crippen LogP contribution is -2.33. The summed E-state index contributed by atoms with van der Waals surface area (Å²) in [4.78, 5) is 10.5. The fourth-order valence-corrected chi connectivity index (χ4v) is 1.19. The van der Waals surface area contributed by atoms with E-state index in [0.717, 1.165) is 6.42 Å². The van der Waals surface area contributed by atoms with Gasteiger partial charge >= 0.3 is 5.97 Å². The van der Waals surface area contributed by atoms with Gasteiger partial charge in [0.25, 0.3) is 0 Å². The number of carboxylic acid groups (broad SMARTS) is 1. The molecule has 0 rings (SSSR count). The van der Waals surface area contributed by atoms with Crippen LogP contribution in [0.2, 0.25) is 0 Å². The fraction of sp³-hybridized carbons (Fsp3) is 0.889. The zero-order valence-electron chi connectivity index (χ0n) is 7.77. The van der Waals surface area contributed by atoms with Crippen LogP contribution in [0, 0.1) is 0 Å². The smallest absolute Gasteiger partial charge is 0.341 e. The second-order valence-corrected chi connectivity index (χ2v) is 3.12. The molecule has 0 aromatic rings. The lowest BCUT2D eigenvalue weighted by atomic mass is 9.94. The van der Waals surface area contributed by atoms with Crippen LogP contribution in [0.5, 0.6) is 0 Å². The molecule has 72 valence electrons. The highest BCUT2D eigenvalue weighted by molar-refractivity contribution is 5.77. The van der Waals surface area contributed by atoms with Crippen molar-refractivity contribution >= 4 is 5.97 Å². The monoisotopic (exact) mass is 176 g/mol. The summed E-state index contributed by atoms with van der Waals surface area (Å²) in [5, 5.41) is 8.62. The maximum Gasteiger partial charge on any atom is 0.341 e. The molecule has 0 amide bonds. The van der Waals surface area contributed by atoms with Crippen molar-refractivity contribution in [2.75, 3.05) is 0 Å². The number of halogens is 1. The van der Waals surface area contributed by atoms with E-state index in [1.807, 2.05) is 6.92 Å². The van der Waals surface area contributed by atoms with Crippen molar-refractivity contribution in [3.8, 4) is 0 Å². The first-order chi connectivity index (χ1) is 5.56. The second-order valence-electron chi connectivity index (χ2n) is 3.12. The van der Waals surface area contributed by atoms with Gasteiger partial charge in [0.05, 0.1) is 0 Å². The summed E-state index contributed by atoms with van der Waals surface area (Å²) in [7, 11) is 0. The Morgan fingerprint density at radius 2 is 1.92 bits per heavy atom. The summed E-state index contributed by atoms with van der Waals surface area (Å²) in [6.45, 7) is 3.72. The molecule has 0 fully saturated rings. The zero-order valence-corrected chi connectivity index (χ0v) is 7.77. The third kappa shape index (κ3) is 3.20. The van der Waals surface area contributed by atoms with E-state index in [0.29, 0.717) is 12.8 Å². The van der Waals surface area contributed by atoms with Crippen molar-refractivity contribution in [3.63, 3.8) is 0 Å². The van der Waals surface area contributed by atoms with Crippen LogP contribution in [-0.2, 0) is 4.79 Å². The van der Waals surface area contributed by atoms with Gasteiger partial charge in [-0.3, -0.25) is 0 Å². The van der Waals surface area contributed by atoms with Crippen molar-refractivity contribution in [3.05, 3.63) is 0 Å². The van der Waals surface area contributed by atoms with Gasteiger partial charge in [0.2, 0.25) is 5.67 Å². The topological polar surface area (TPSA) is 37.3 Å². The SMILES string of the molecule is CCCCC(F)(CCC)C(=O)O. The van der Waals surface area contributed by atoms with Gasteiger partial charge in [-0.05, 0) is 19.3 Å². The summed E-state index contributed by atoms with van der Waals surface area (Å²) in [5.41, 5.74) is -1.98. The molecule has 0 aromatic heterocycles. The van der Waals surface area contributed by atoms with Crippen LogP contribution in [0.3, 0.4) is 0 Å². The van der Waals surface area contributed by atoms with Crippen LogP contribution in [0.4, 0.5) is 4.39 Å². The number of carbonyl (C=O) groups is 1. The third-order valence-electron chi connectivity index (χ3n) is 1.96. The second kappa shape index (κ2) is 5.12. The molecule has 0 aliphatic carbocycles. The minimum Gasteiger partial charge on any atom is -0.479 e. The molecular formula is C9H17FO2. The summed E-state index contributed by atoms with van der Waals surface area (Å²) < 4.78 is 13.5. The number of rotatable bonds is 6. The van der Waals surface area contributed by atoms with Crippen LogP contribution in [0.15, 0.2) is 0 Å². The molecule has 0 radical (unpaired) electrons. The Bertz CT molecular complexity index is 147. The predicted molar refractivity (Wildman–Crippen MR) is 45.9 cm³/mol. The standard InChI is InChI=1S/C9H17FO2/c1-3-5-7-9(10,6-4-2)8(11)12/h3-7H2,1-2H3,(H,11,12). The molecule has 12 heavy (non-hydrogen) atoms. The predicted octanol–water partition coefficient (Wildman–Crippen LogP) is 2.77. The van der Waals surface area contributed by atoms with Crippen molar-refractivity contribution in [1.29, 1.82) is 0 Å². The first-order valence-electron chi connectivity index (χ1n) is 4.49. The van der Waals surface area contributed by atoms with Crippen molar-refractivity contribution < 1.29 is 14.3 Å². The average Bonchev–Trinajstić information content (AvgIpc) is 2.01. The number of unbranched alkanes of at least 4 members (excludes halogenated alkanes) is 1. The number of alkyl halides is 1. The molecule has 0 spiro atoms. The molecule has 2 nitrogen and oxygen atoms in total. The van der Waals surface area contributed by atoms with Crippen LogP contribution in [0.25, 0.3) is 0 Å². The van der Waals surface area contributed by atoms with Crippen molar-refractivity contribution in [1.82, 2.24) is 0 Å². The van der Waals surface area contributed by atoms with E-state index in [1.54, 1.807) is 6.92 Å². The molecule has 1 N–H and O–H groups in total. The summed E-state index contributed by atoms with van der Waals surface area (Å²) in [6, 6.07) is 0. The van der Waals surface area contributed by atoms with E-state index in [2.05, 4.69) is 0 Å². The quantitative estimate of drug-likeness (QED) is 0.675. The summed E-state index contributed by atoms with van der Waals surface area (Å²) >= 11 is 0. The van der Waals surface area contributed by atoms with Gasteiger partial charge in [0, 0.05) is 0 Å². The molecule has 0 bridgehead atoms. The Balaban J connectivity index is 4.08. The Kier molecular flexibility index (Phi) is 4.86. The van der Waals surface area contributed by atoms with Crippen LogP contribution < -0.4 is 0 Å². The van der Waals surface area contributed by atoms with E-state index in [1.165, 1.54) is 0 Å². The molecule has 0 saturated carbocycles. The van der Waals surface area contributed by atoms with E-state index in [4.69, 9.17) is 5.11 Å². The Morgan fingerprint density at radius 3 is 2.25 bits per heavy atom. The molecular weight excluding hydrogens is 159 g/mol. The molecule has 0 aromatic carbocycles. The van der Waals surface area contributed by atoms with Gasteiger partial charge in [0.15, 0.2) is 0 Å². The average molecular weight is 176 g/mol. The van der Waals surface area contributed by atoms with E-state index < -0.39 is 11.6 Å². The minimum atomic E-state index is -1.98. The van der Waals surface area contributed by atoms with Crippen LogP contribution in [-0.4, -0.2) is 16.7 Å². The lowest BCUT2D eigenvalue weighted by Gasteiger charge is -2.19. The first kappa shape index (κ1) is 11.4. The number of aliphatic carboxylic acids is 1. The summed E-state index contributed by atoms with van der Waals surface area (Å²) in [5.74, 6) is -1.31. The van der Waals surface area contributed by atoms with E-state index in [9.17, 15) is 9.18 Å². The van der Waals surface area contributed by atoms with Crippen molar-refractivity contribution in [2.45, 2.75) is 51.6 Å². The van der Waals surface area contributed by atoms with Gasteiger partial charge in [-0.15, -0.1) is 0 Å². The Labute approximate surface area is 72.8 Å². The highest BCUT2D eigenvalue weighted by Crippen LogP contribution is 2.25. The zero-order chi connectivity index (χ0) is 9.61. The molecule has 3 heteroatoms. The maximum atomic E-state index is 13.5. The molecule has 0 saturated heterocycles. The van der Waals surface area contributed by atoms with Gasteiger partial charge in [0.1, 0.15) is 0 Å². The number of hydrogen-bond donors (Lipinski definition) is 1. The van der Waals surface area contributed by atoms with E-state index in [-0.39, 0.29) is 12.8 Å². The van der Waals surface area contributed by atoms with Crippen LogP contribution >= 0.6 is 0 Å². The minimum absolute atomic E-state index is 0.127. The van der Waals surface area contributed by atoms with Gasteiger partial charge in [-0.25, -0.2) is 9.18 Å². The third-order valence-corrected chi connectivity index (χ3v) is 1.96. The first-order valence-corrected chi connectivity index (χ1v) is 4.49. The molecule has 1 atom stereocenters. The lowest BCUT2D eigenvalue weighted by molar-refractivity contribution is -0.152. The number of hydrogen-bond acceptors (Lipinski definition) is 1. The van der Waals surface area contributed by atoms with Crippen LogP contribution in [0.1, 0.15) is 46.0 Å². The fourth-order valence-electron chi connectivity index (χ4n) is 1.19. The molecule has 0 aliphatic heterocycles. The highest BCUT2D eigenvalue weighted by atomic mass is 19.1. The van der Waals surface area contributed by atoms with Gasteiger partial charge in [-0.1, -0.05) is 26.7 Å².